The minimum Gasteiger partial charge on any atom is -0.324 e. The van der Waals surface area contributed by atoms with Gasteiger partial charge in [-0.15, -0.1) is 0 Å². The van der Waals surface area contributed by atoms with E-state index in [9.17, 15) is 9.59 Å². The Morgan fingerprint density at radius 3 is 1.54 bits per heavy atom. The Morgan fingerprint density at radius 1 is 0.792 bits per heavy atom. The molecule has 0 radical (unpaired) electrons. The molecule has 0 atom stereocenters. The van der Waals surface area contributed by atoms with Crippen LogP contribution in [-0.2, 0) is 9.59 Å². The second-order valence-corrected chi connectivity index (χ2v) is 6.01. The summed E-state index contributed by atoms with van der Waals surface area (Å²) in [4.78, 5) is 32.5. The molecule has 6 nitrogen and oxygen atoms in total. The summed E-state index contributed by atoms with van der Waals surface area (Å²) < 4.78 is 0. The molecule has 1 aliphatic rings. The van der Waals surface area contributed by atoms with Crippen LogP contribution in [0.5, 0.6) is 0 Å². The molecule has 2 heterocycles. The van der Waals surface area contributed by atoms with Gasteiger partial charge in [0.15, 0.2) is 0 Å². The average molecular weight is 324 g/mol. The lowest BCUT2D eigenvalue weighted by Gasteiger charge is -2.27. The SMILES string of the molecule is O=C(Nc1cccnc1)C1CCC(C(=O)Nc2cccnc2)CC1. The first-order chi connectivity index (χ1) is 11.7. The molecule has 0 aliphatic heterocycles. The van der Waals surface area contributed by atoms with Crippen molar-refractivity contribution in [2.75, 3.05) is 10.6 Å². The number of amides is 2. The summed E-state index contributed by atoms with van der Waals surface area (Å²) in [6.45, 7) is 0. The van der Waals surface area contributed by atoms with Crippen molar-refractivity contribution < 1.29 is 9.59 Å². The highest BCUT2D eigenvalue weighted by Gasteiger charge is 2.30. The van der Waals surface area contributed by atoms with E-state index in [2.05, 4.69) is 20.6 Å². The summed E-state index contributed by atoms with van der Waals surface area (Å²) in [7, 11) is 0. The quantitative estimate of drug-likeness (QED) is 0.906. The van der Waals surface area contributed by atoms with Gasteiger partial charge in [-0.1, -0.05) is 0 Å². The number of hydrogen-bond donors (Lipinski definition) is 2. The Labute approximate surface area is 140 Å². The first-order valence-corrected chi connectivity index (χ1v) is 8.14. The van der Waals surface area contributed by atoms with Gasteiger partial charge in [-0.3, -0.25) is 19.6 Å². The number of aromatic nitrogens is 2. The summed E-state index contributed by atoms with van der Waals surface area (Å²) >= 11 is 0. The van der Waals surface area contributed by atoms with Gasteiger partial charge in [0.05, 0.1) is 23.8 Å². The van der Waals surface area contributed by atoms with E-state index < -0.39 is 0 Å². The van der Waals surface area contributed by atoms with Gasteiger partial charge < -0.3 is 10.6 Å². The fourth-order valence-corrected chi connectivity index (χ4v) is 2.98. The molecular weight excluding hydrogens is 304 g/mol. The third-order valence-corrected chi connectivity index (χ3v) is 4.33. The van der Waals surface area contributed by atoms with Gasteiger partial charge in [-0.05, 0) is 49.9 Å². The highest BCUT2D eigenvalue weighted by molar-refractivity contribution is 5.94. The zero-order chi connectivity index (χ0) is 16.8. The molecule has 0 spiro atoms. The predicted octanol–water partition coefficient (Wildman–Crippen LogP) is 2.86. The monoisotopic (exact) mass is 324 g/mol. The highest BCUT2D eigenvalue weighted by atomic mass is 16.2. The number of pyridine rings is 2. The summed E-state index contributed by atoms with van der Waals surface area (Å²) in [6, 6.07) is 7.21. The number of rotatable bonds is 4. The third kappa shape index (κ3) is 4.16. The molecule has 0 aromatic carbocycles. The molecule has 6 heteroatoms. The van der Waals surface area contributed by atoms with Crippen LogP contribution < -0.4 is 10.6 Å². The average Bonchev–Trinajstić information content (AvgIpc) is 2.63. The van der Waals surface area contributed by atoms with Gasteiger partial charge >= 0.3 is 0 Å². The van der Waals surface area contributed by atoms with Crippen LogP contribution in [0.4, 0.5) is 11.4 Å². The molecule has 2 aromatic rings. The van der Waals surface area contributed by atoms with E-state index in [1.807, 2.05) is 12.1 Å². The van der Waals surface area contributed by atoms with Gasteiger partial charge in [0, 0.05) is 24.2 Å². The van der Waals surface area contributed by atoms with Crippen molar-refractivity contribution in [3.63, 3.8) is 0 Å². The van der Waals surface area contributed by atoms with Crippen molar-refractivity contribution in [3.05, 3.63) is 49.1 Å². The number of nitrogens with one attached hydrogen (secondary N) is 2. The molecule has 2 aromatic heterocycles. The van der Waals surface area contributed by atoms with Crippen molar-refractivity contribution in [3.8, 4) is 0 Å². The van der Waals surface area contributed by atoms with Crippen molar-refractivity contribution in [2.24, 2.45) is 11.8 Å². The summed E-state index contributed by atoms with van der Waals surface area (Å²) in [6.07, 6.45) is 9.47. The van der Waals surface area contributed by atoms with E-state index in [1.165, 1.54) is 0 Å². The molecule has 2 N–H and O–H groups in total. The highest BCUT2D eigenvalue weighted by Crippen LogP contribution is 2.30. The third-order valence-electron chi connectivity index (χ3n) is 4.33. The second-order valence-electron chi connectivity index (χ2n) is 6.01. The van der Waals surface area contributed by atoms with Gasteiger partial charge in [-0.25, -0.2) is 0 Å². The molecule has 3 rings (SSSR count). The van der Waals surface area contributed by atoms with E-state index >= 15 is 0 Å². The van der Waals surface area contributed by atoms with Crippen molar-refractivity contribution in [1.29, 1.82) is 0 Å². The lowest BCUT2D eigenvalue weighted by atomic mass is 9.81. The Kier molecular flexibility index (Phi) is 5.15. The van der Waals surface area contributed by atoms with Crippen LogP contribution in [0.2, 0.25) is 0 Å². The largest absolute Gasteiger partial charge is 0.324 e. The first-order valence-electron chi connectivity index (χ1n) is 8.14. The number of nitrogens with zero attached hydrogens (tertiary/aromatic N) is 2. The Morgan fingerprint density at radius 2 is 1.21 bits per heavy atom. The van der Waals surface area contributed by atoms with Crippen LogP contribution in [0.1, 0.15) is 25.7 Å². The number of anilines is 2. The topological polar surface area (TPSA) is 84.0 Å². The van der Waals surface area contributed by atoms with Crippen molar-refractivity contribution in [1.82, 2.24) is 9.97 Å². The number of carbonyl (C=O) groups is 2. The van der Waals surface area contributed by atoms with Crippen LogP contribution in [-0.4, -0.2) is 21.8 Å². The Hall–Kier alpha value is -2.76. The molecule has 0 unspecified atom stereocenters. The maximum atomic E-state index is 12.3. The number of carbonyl (C=O) groups excluding carboxylic acids is 2. The van der Waals surface area contributed by atoms with E-state index in [0.717, 1.165) is 25.7 Å². The molecule has 0 saturated heterocycles. The molecule has 1 saturated carbocycles. The fourth-order valence-electron chi connectivity index (χ4n) is 2.98. The van der Waals surface area contributed by atoms with E-state index in [1.54, 1.807) is 36.9 Å². The molecule has 0 bridgehead atoms. The van der Waals surface area contributed by atoms with Crippen molar-refractivity contribution >= 4 is 23.2 Å². The zero-order valence-electron chi connectivity index (χ0n) is 13.3. The van der Waals surface area contributed by atoms with E-state index in [4.69, 9.17) is 0 Å². The van der Waals surface area contributed by atoms with Gasteiger partial charge in [0.1, 0.15) is 0 Å². The summed E-state index contributed by atoms with van der Waals surface area (Å²) in [5, 5.41) is 5.77. The predicted molar refractivity (Wildman–Crippen MR) is 91.2 cm³/mol. The second kappa shape index (κ2) is 7.68. The molecule has 124 valence electrons. The zero-order valence-corrected chi connectivity index (χ0v) is 13.3. The Bertz CT molecular complexity index is 621. The smallest absolute Gasteiger partial charge is 0.227 e. The normalized spacial score (nSPS) is 20.2. The van der Waals surface area contributed by atoms with Crippen LogP contribution >= 0.6 is 0 Å². The number of hydrogen-bond acceptors (Lipinski definition) is 4. The molecular formula is C18H20N4O2. The molecule has 1 aliphatic carbocycles. The fraction of sp³-hybridized carbons (Fsp3) is 0.333. The van der Waals surface area contributed by atoms with E-state index in [-0.39, 0.29) is 23.7 Å². The minimum atomic E-state index is -0.0485. The van der Waals surface area contributed by atoms with Crippen LogP contribution in [0.3, 0.4) is 0 Å². The maximum Gasteiger partial charge on any atom is 0.227 e. The van der Waals surface area contributed by atoms with Gasteiger partial charge in [0.25, 0.3) is 0 Å². The molecule has 24 heavy (non-hydrogen) atoms. The van der Waals surface area contributed by atoms with Gasteiger partial charge in [0.2, 0.25) is 11.8 Å². The molecule has 1 fully saturated rings. The minimum absolute atomic E-state index is 0.00844. The lowest BCUT2D eigenvalue weighted by molar-refractivity contribution is -0.125. The maximum absolute atomic E-state index is 12.3. The van der Waals surface area contributed by atoms with Crippen LogP contribution in [0.25, 0.3) is 0 Å². The first kappa shape index (κ1) is 16.1. The van der Waals surface area contributed by atoms with E-state index in [0.29, 0.717) is 11.4 Å². The van der Waals surface area contributed by atoms with Crippen LogP contribution in [0.15, 0.2) is 49.1 Å². The Balaban J connectivity index is 1.48. The summed E-state index contributed by atoms with van der Waals surface area (Å²) in [5.41, 5.74) is 1.41. The lowest BCUT2D eigenvalue weighted by Crippen LogP contribution is -2.32. The van der Waals surface area contributed by atoms with Gasteiger partial charge in [-0.2, -0.15) is 0 Å². The van der Waals surface area contributed by atoms with Crippen molar-refractivity contribution in [2.45, 2.75) is 25.7 Å². The van der Waals surface area contributed by atoms with Crippen LogP contribution in [0, 0.1) is 11.8 Å². The summed E-state index contributed by atoms with van der Waals surface area (Å²) in [5.74, 6) is -0.0801. The standard InChI is InChI=1S/C18H20N4O2/c23-17(21-15-3-1-9-19-11-15)13-5-7-14(8-6-13)18(24)22-16-4-2-10-20-12-16/h1-4,9-14H,5-8H2,(H,21,23)(H,22,24). The molecule has 2 amide bonds.